The molecule has 2 aliphatic rings. The van der Waals surface area contributed by atoms with Gasteiger partial charge in [-0.1, -0.05) is 6.08 Å². The van der Waals surface area contributed by atoms with Gasteiger partial charge in [-0.05, 0) is 46.5 Å². The number of hydrogen-bond acceptors (Lipinski definition) is 4. The summed E-state index contributed by atoms with van der Waals surface area (Å²) in [6.07, 6.45) is 2.98. The molecule has 0 aromatic carbocycles. The highest BCUT2D eigenvalue weighted by Crippen LogP contribution is 2.50. The van der Waals surface area contributed by atoms with Crippen LogP contribution in [0.5, 0.6) is 0 Å². The van der Waals surface area contributed by atoms with E-state index in [0.717, 1.165) is 0 Å². The van der Waals surface area contributed by atoms with E-state index in [1.54, 1.807) is 33.8 Å². The van der Waals surface area contributed by atoms with Crippen molar-refractivity contribution in [2.24, 2.45) is 11.8 Å². The number of Topliss-reactive ketones (excluding diaryl/α,β-unsaturated/α-hetero) is 1. The summed E-state index contributed by atoms with van der Waals surface area (Å²) in [6, 6.07) is 0. The number of hydrogen-bond donors (Lipinski definition) is 3. The fourth-order valence-electron chi connectivity index (χ4n) is 3.59. The van der Waals surface area contributed by atoms with E-state index < -0.39 is 16.8 Å². The summed E-state index contributed by atoms with van der Waals surface area (Å²) in [5, 5.41) is 31.2. The molecule has 4 nitrogen and oxygen atoms in total. The van der Waals surface area contributed by atoms with E-state index in [1.807, 2.05) is 0 Å². The second-order valence-electron chi connectivity index (χ2n) is 7.12. The van der Waals surface area contributed by atoms with E-state index in [9.17, 15) is 20.1 Å². The predicted octanol–water partition coefficient (Wildman–Crippen LogP) is 1.18. The van der Waals surface area contributed by atoms with Crippen LogP contribution in [0, 0.1) is 11.8 Å². The lowest BCUT2D eigenvalue weighted by Crippen LogP contribution is -2.41. The van der Waals surface area contributed by atoms with Crippen molar-refractivity contribution in [2.75, 3.05) is 0 Å². The van der Waals surface area contributed by atoms with Gasteiger partial charge in [-0.3, -0.25) is 4.79 Å². The molecule has 4 heteroatoms. The van der Waals surface area contributed by atoms with E-state index in [-0.39, 0.29) is 24.0 Å². The monoisotopic (exact) mass is 268 g/mol. The Morgan fingerprint density at radius 2 is 1.84 bits per heavy atom. The molecule has 0 saturated heterocycles. The van der Waals surface area contributed by atoms with Gasteiger partial charge >= 0.3 is 0 Å². The number of carbonyl (C=O) groups excluding carboxylic acids is 1. The predicted molar refractivity (Wildman–Crippen MR) is 71.5 cm³/mol. The molecule has 0 aromatic rings. The van der Waals surface area contributed by atoms with Crippen LogP contribution in [0.25, 0.3) is 0 Å². The van der Waals surface area contributed by atoms with Crippen LogP contribution in [0.1, 0.15) is 47.0 Å². The van der Waals surface area contributed by atoms with Gasteiger partial charge in [0.1, 0.15) is 0 Å². The first kappa shape index (κ1) is 14.7. The van der Waals surface area contributed by atoms with Gasteiger partial charge in [0.05, 0.1) is 16.8 Å². The van der Waals surface area contributed by atoms with Gasteiger partial charge in [-0.25, -0.2) is 0 Å². The Balaban J connectivity index is 2.52. The van der Waals surface area contributed by atoms with Crippen LogP contribution >= 0.6 is 0 Å². The second-order valence-corrected chi connectivity index (χ2v) is 7.12. The van der Waals surface area contributed by atoms with Crippen LogP contribution in [0.15, 0.2) is 11.6 Å². The molecule has 0 aromatic heterocycles. The minimum Gasteiger partial charge on any atom is -0.390 e. The average Bonchev–Trinajstić information content (AvgIpc) is 2.41. The Kier molecular flexibility index (Phi) is 3.20. The minimum atomic E-state index is -1.25. The molecule has 0 aliphatic heterocycles. The van der Waals surface area contributed by atoms with Crippen molar-refractivity contribution >= 4 is 5.78 Å². The highest BCUT2D eigenvalue weighted by atomic mass is 16.3. The molecule has 2 aliphatic carbocycles. The first-order valence-corrected chi connectivity index (χ1v) is 6.88. The smallest absolute Gasteiger partial charge is 0.164 e. The van der Waals surface area contributed by atoms with Crippen LogP contribution < -0.4 is 0 Å². The number of carbonyl (C=O) groups is 1. The van der Waals surface area contributed by atoms with Gasteiger partial charge in [0.15, 0.2) is 5.78 Å². The Bertz CT molecular complexity index is 426. The lowest BCUT2D eigenvalue weighted by Gasteiger charge is -2.34. The van der Waals surface area contributed by atoms with Crippen molar-refractivity contribution in [1.29, 1.82) is 0 Å². The zero-order chi connectivity index (χ0) is 14.6. The molecular formula is C15H24O4. The molecule has 3 N–H and O–H groups in total. The van der Waals surface area contributed by atoms with Crippen LogP contribution in [-0.2, 0) is 4.79 Å². The van der Waals surface area contributed by atoms with Crippen molar-refractivity contribution in [3.63, 3.8) is 0 Å². The van der Waals surface area contributed by atoms with Gasteiger partial charge in [0.25, 0.3) is 0 Å². The molecule has 108 valence electrons. The molecule has 0 heterocycles. The van der Waals surface area contributed by atoms with Crippen LogP contribution in [0.2, 0.25) is 0 Å². The molecular weight excluding hydrogens is 244 g/mol. The lowest BCUT2D eigenvalue weighted by atomic mass is 9.77. The summed E-state index contributed by atoms with van der Waals surface area (Å²) in [4.78, 5) is 12.2. The van der Waals surface area contributed by atoms with E-state index in [1.165, 1.54) is 0 Å². The molecule has 0 amide bonds. The summed E-state index contributed by atoms with van der Waals surface area (Å²) in [6.45, 7) is 6.53. The maximum atomic E-state index is 12.2. The number of aliphatic hydroxyl groups is 3. The maximum Gasteiger partial charge on any atom is 0.164 e. The largest absolute Gasteiger partial charge is 0.390 e. The standard InChI is InChI=1S/C15H24O4/c1-13(2,17)11-7-10-9(5-6-14(10,3)18)15(4,19)8-12(11)16/h7,9-10,17-19H,5-6,8H2,1-4H3/t9-,10+,14+,15-/m1/s1. The van der Waals surface area contributed by atoms with Crippen molar-refractivity contribution in [3.8, 4) is 0 Å². The third-order valence-corrected chi connectivity index (χ3v) is 4.74. The maximum absolute atomic E-state index is 12.2. The minimum absolute atomic E-state index is 0.0000694. The molecule has 0 bridgehead atoms. The molecule has 0 radical (unpaired) electrons. The van der Waals surface area contributed by atoms with E-state index >= 15 is 0 Å². The van der Waals surface area contributed by atoms with Gasteiger partial charge in [-0.2, -0.15) is 0 Å². The van der Waals surface area contributed by atoms with Crippen molar-refractivity contribution in [3.05, 3.63) is 11.6 Å². The van der Waals surface area contributed by atoms with Crippen LogP contribution in [0.3, 0.4) is 0 Å². The van der Waals surface area contributed by atoms with E-state index in [4.69, 9.17) is 0 Å². The molecule has 1 saturated carbocycles. The first-order chi connectivity index (χ1) is 8.45. The zero-order valence-corrected chi connectivity index (χ0v) is 12.1. The summed E-state index contributed by atoms with van der Waals surface area (Å²) >= 11 is 0. The van der Waals surface area contributed by atoms with Crippen molar-refractivity contribution in [2.45, 2.75) is 63.8 Å². The van der Waals surface area contributed by atoms with Crippen molar-refractivity contribution in [1.82, 2.24) is 0 Å². The molecule has 0 spiro atoms. The Morgan fingerprint density at radius 3 is 2.37 bits per heavy atom. The first-order valence-electron chi connectivity index (χ1n) is 6.88. The van der Waals surface area contributed by atoms with Crippen LogP contribution in [-0.4, -0.2) is 37.9 Å². The Labute approximate surface area is 114 Å². The average molecular weight is 268 g/mol. The Hall–Kier alpha value is -0.710. The Morgan fingerprint density at radius 1 is 1.26 bits per heavy atom. The van der Waals surface area contributed by atoms with E-state index in [0.29, 0.717) is 18.4 Å². The number of fused-ring (bicyclic) bond motifs is 1. The fraction of sp³-hybridized carbons (Fsp3) is 0.800. The quantitative estimate of drug-likeness (QED) is 0.667. The second kappa shape index (κ2) is 4.14. The van der Waals surface area contributed by atoms with Gasteiger partial charge in [-0.15, -0.1) is 0 Å². The third kappa shape index (κ3) is 2.49. The van der Waals surface area contributed by atoms with Gasteiger partial charge in [0.2, 0.25) is 0 Å². The summed E-state index contributed by atoms with van der Waals surface area (Å²) in [5.74, 6) is -0.677. The molecule has 0 unspecified atom stereocenters. The summed E-state index contributed by atoms with van der Waals surface area (Å²) in [5.41, 5.74) is -3.01. The highest BCUT2D eigenvalue weighted by Gasteiger charge is 2.53. The summed E-state index contributed by atoms with van der Waals surface area (Å²) in [7, 11) is 0. The van der Waals surface area contributed by atoms with Gasteiger partial charge < -0.3 is 15.3 Å². The number of rotatable bonds is 1. The fourth-order valence-corrected chi connectivity index (χ4v) is 3.59. The highest BCUT2D eigenvalue weighted by molar-refractivity contribution is 5.98. The SMILES string of the molecule is CC(C)(O)C1=C[C@H]2[C@@H](CC[C@]2(C)O)[C@](C)(O)CC1=O. The van der Waals surface area contributed by atoms with E-state index in [2.05, 4.69) is 0 Å². The lowest BCUT2D eigenvalue weighted by molar-refractivity contribution is -0.123. The van der Waals surface area contributed by atoms with Gasteiger partial charge in [0, 0.05) is 17.9 Å². The van der Waals surface area contributed by atoms with Crippen LogP contribution in [0.4, 0.5) is 0 Å². The normalized spacial score (nSPS) is 43.7. The molecule has 4 atom stereocenters. The molecule has 1 fully saturated rings. The van der Waals surface area contributed by atoms with Crippen molar-refractivity contribution < 1.29 is 20.1 Å². The summed E-state index contributed by atoms with van der Waals surface area (Å²) < 4.78 is 0. The topological polar surface area (TPSA) is 77.8 Å². The third-order valence-electron chi connectivity index (χ3n) is 4.74. The molecule has 19 heavy (non-hydrogen) atoms. The number of ketones is 1. The zero-order valence-electron chi connectivity index (χ0n) is 12.1. The molecule has 2 rings (SSSR count).